The molecule has 0 saturated carbocycles. The fourth-order valence-electron chi connectivity index (χ4n) is 5.50. The Balaban J connectivity index is 3.38. The van der Waals surface area contributed by atoms with Crippen molar-refractivity contribution in [2.24, 2.45) is 0 Å². The largest absolute Gasteiger partial charge is 0.463 e. The lowest BCUT2D eigenvalue weighted by atomic mass is 10.0. The quantitative estimate of drug-likeness (QED) is 0.0591. The van der Waals surface area contributed by atoms with E-state index in [9.17, 15) is 14.7 Å². The third-order valence-corrected chi connectivity index (χ3v) is 8.34. The Morgan fingerprint density at radius 3 is 0.857 bits per heavy atom. The van der Waals surface area contributed by atoms with Gasteiger partial charge in [0.25, 0.3) is 0 Å². The molecule has 0 aliphatic rings. The molecule has 0 amide bonds. The summed E-state index contributed by atoms with van der Waals surface area (Å²) in [5.74, 6) is -0.553. The Morgan fingerprint density at radius 1 is 0.405 bits per heavy atom. The van der Waals surface area contributed by atoms with Crippen LogP contribution in [0.25, 0.3) is 0 Å². The Morgan fingerprint density at radius 2 is 0.619 bits per heavy atom. The van der Waals surface area contributed by atoms with E-state index in [1.54, 1.807) is 0 Å². The average molecular weight is 597 g/mol. The first-order valence-electron chi connectivity index (χ1n) is 18.6. The van der Waals surface area contributed by atoms with Crippen molar-refractivity contribution >= 4 is 11.9 Å². The first-order chi connectivity index (χ1) is 20.6. The summed E-state index contributed by atoms with van der Waals surface area (Å²) in [5, 5.41) is 9.98. The van der Waals surface area contributed by atoms with Gasteiger partial charge in [0.15, 0.2) is 0 Å². The monoisotopic (exact) mass is 597 g/mol. The van der Waals surface area contributed by atoms with Gasteiger partial charge in [-0.25, -0.2) is 0 Å². The van der Waals surface area contributed by atoms with Gasteiger partial charge in [-0.15, -0.1) is 0 Å². The number of aliphatic hydroxyl groups excluding tert-OH is 1. The fraction of sp³-hybridized carbons (Fsp3) is 0.946. The average Bonchev–Trinajstić information content (AvgIpc) is 2.99. The minimum absolute atomic E-state index is 0.108. The smallest absolute Gasteiger partial charge is 0.305 e. The second-order valence-electron chi connectivity index (χ2n) is 12.7. The van der Waals surface area contributed by atoms with E-state index < -0.39 is 6.10 Å². The topological polar surface area (TPSA) is 72.8 Å². The number of carbonyl (C=O) groups excluding carboxylic acids is 2. The molecule has 0 radical (unpaired) electrons. The van der Waals surface area contributed by atoms with E-state index in [0.717, 1.165) is 25.7 Å². The molecule has 0 saturated heterocycles. The molecular formula is C37H72O5. The first kappa shape index (κ1) is 40.9. The van der Waals surface area contributed by atoms with Crippen molar-refractivity contribution in [3.05, 3.63) is 0 Å². The number of hydrogen-bond donors (Lipinski definition) is 1. The van der Waals surface area contributed by atoms with Gasteiger partial charge in [0.1, 0.15) is 19.3 Å². The molecule has 250 valence electrons. The maximum atomic E-state index is 11.9. The lowest BCUT2D eigenvalue weighted by Gasteiger charge is -2.12. The molecular weight excluding hydrogens is 524 g/mol. The van der Waals surface area contributed by atoms with Crippen LogP contribution < -0.4 is 0 Å². The number of rotatable bonds is 34. The molecule has 0 aliphatic heterocycles. The van der Waals surface area contributed by atoms with Gasteiger partial charge >= 0.3 is 11.9 Å². The van der Waals surface area contributed by atoms with Gasteiger partial charge in [0.05, 0.1) is 0 Å². The highest BCUT2D eigenvalue weighted by atomic mass is 16.6. The van der Waals surface area contributed by atoms with Crippen LogP contribution in [0.3, 0.4) is 0 Å². The van der Waals surface area contributed by atoms with Crippen molar-refractivity contribution in [1.82, 2.24) is 0 Å². The number of ether oxygens (including phenoxy) is 2. The minimum Gasteiger partial charge on any atom is -0.463 e. The molecule has 0 spiro atoms. The second-order valence-corrected chi connectivity index (χ2v) is 12.7. The summed E-state index contributed by atoms with van der Waals surface area (Å²) >= 11 is 0. The molecule has 5 nitrogen and oxygen atoms in total. The Hall–Kier alpha value is -1.10. The molecule has 42 heavy (non-hydrogen) atoms. The predicted molar refractivity (Wildman–Crippen MR) is 178 cm³/mol. The molecule has 0 rings (SSSR count). The number of hydrogen-bond acceptors (Lipinski definition) is 5. The molecule has 0 heterocycles. The normalized spacial score (nSPS) is 12.0. The molecule has 1 atom stereocenters. The van der Waals surface area contributed by atoms with Crippen LogP contribution in [0.2, 0.25) is 0 Å². The van der Waals surface area contributed by atoms with E-state index in [-0.39, 0.29) is 25.2 Å². The van der Waals surface area contributed by atoms with Crippen LogP contribution in [-0.2, 0) is 19.1 Å². The van der Waals surface area contributed by atoms with Gasteiger partial charge in [-0.3, -0.25) is 9.59 Å². The Bertz CT molecular complexity index is 564. The standard InChI is InChI=1S/C37H72O5/c1-3-5-7-9-11-13-15-17-18-20-22-24-26-28-30-32-37(40)42-34-35(38)33-41-36(39)31-29-27-25-23-21-19-16-14-12-10-8-6-4-2/h35,38H,3-34H2,1-2H3. The predicted octanol–water partition coefficient (Wildman–Crippen LogP) is 11.2. The van der Waals surface area contributed by atoms with Crippen LogP contribution in [0.4, 0.5) is 0 Å². The summed E-state index contributed by atoms with van der Waals surface area (Å²) in [6, 6.07) is 0. The van der Waals surface area contributed by atoms with Crippen molar-refractivity contribution in [2.75, 3.05) is 13.2 Å². The van der Waals surface area contributed by atoms with Crippen molar-refractivity contribution < 1.29 is 24.2 Å². The lowest BCUT2D eigenvalue weighted by Crippen LogP contribution is -2.25. The summed E-state index contributed by atoms with van der Waals surface area (Å²) in [4.78, 5) is 23.8. The van der Waals surface area contributed by atoms with E-state index in [1.165, 1.54) is 154 Å². The molecule has 0 aromatic carbocycles. The lowest BCUT2D eigenvalue weighted by molar-refractivity contribution is -0.152. The first-order valence-corrected chi connectivity index (χ1v) is 18.6. The maximum absolute atomic E-state index is 11.9. The summed E-state index contributed by atoms with van der Waals surface area (Å²) in [7, 11) is 0. The van der Waals surface area contributed by atoms with Gasteiger partial charge < -0.3 is 14.6 Å². The summed E-state index contributed by atoms with van der Waals surface area (Å²) in [5.41, 5.74) is 0. The highest BCUT2D eigenvalue weighted by molar-refractivity contribution is 5.69. The Labute approximate surface area is 261 Å². The zero-order valence-electron chi connectivity index (χ0n) is 28.3. The zero-order valence-corrected chi connectivity index (χ0v) is 28.3. The number of unbranched alkanes of at least 4 members (excludes halogenated alkanes) is 26. The van der Waals surface area contributed by atoms with Gasteiger partial charge in [0, 0.05) is 12.8 Å². The minimum atomic E-state index is -0.953. The zero-order chi connectivity index (χ0) is 30.8. The second kappa shape index (κ2) is 34.4. The van der Waals surface area contributed by atoms with E-state index in [4.69, 9.17) is 9.47 Å². The van der Waals surface area contributed by atoms with Gasteiger partial charge in [-0.2, -0.15) is 0 Å². The van der Waals surface area contributed by atoms with Crippen LogP contribution >= 0.6 is 0 Å². The van der Waals surface area contributed by atoms with Crippen LogP contribution in [-0.4, -0.2) is 36.4 Å². The molecule has 5 heteroatoms. The van der Waals surface area contributed by atoms with E-state index in [1.807, 2.05) is 0 Å². The van der Waals surface area contributed by atoms with Crippen LogP contribution in [0.1, 0.15) is 206 Å². The highest BCUT2D eigenvalue weighted by Gasteiger charge is 2.12. The molecule has 0 fully saturated rings. The fourth-order valence-corrected chi connectivity index (χ4v) is 5.50. The SMILES string of the molecule is CCCCCCCCCCCCCCCCCC(=O)OCC(O)COC(=O)CCCCCCCCCCCCCCC. The van der Waals surface area contributed by atoms with Crippen LogP contribution in [0.5, 0.6) is 0 Å². The van der Waals surface area contributed by atoms with Crippen molar-refractivity contribution in [2.45, 2.75) is 213 Å². The number of aliphatic hydroxyl groups is 1. The molecule has 0 bridgehead atoms. The summed E-state index contributed by atoms with van der Waals surface area (Å²) < 4.78 is 10.3. The van der Waals surface area contributed by atoms with Crippen LogP contribution in [0.15, 0.2) is 0 Å². The van der Waals surface area contributed by atoms with Crippen molar-refractivity contribution in [3.8, 4) is 0 Å². The highest BCUT2D eigenvalue weighted by Crippen LogP contribution is 2.15. The maximum Gasteiger partial charge on any atom is 0.305 e. The van der Waals surface area contributed by atoms with Crippen molar-refractivity contribution in [3.63, 3.8) is 0 Å². The van der Waals surface area contributed by atoms with Gasteiger partial charge in [0.2, 0.25) is 0 Å². The third kappa shape index (κ3) is 33.4. The third-order valence-electron chi connectivity index (χ3n) is 8.34. The molecule has 0 aromatic heterocycles. The van der Waals surface area contributed by atoms with Gasteiger partial charge in [-0.05, 0) is 12.8 Å². The summed E-state index contributed by atoms with van der Waals surface area (Å²) in [6.07, 6.45) is 35.8. The van der Waals surface area contributed by atoms with Crippen molar-refractivity contribution in [1.29, 1.82) is 0 Å². The van der Waals surface area contributed by atoms with E-state index in [2.05, 4.69) is 13.8 Å². The number of carbonyl (C=O) groups is 2. The molecule has 1 N–H and O–H groups in total. The van der Waals surface area contributed by atoms with Crippen LogP contribution in [0, 0.1) is 0 Å². The molecule has 0 aromatic rings. The summed E-state index contributed by atoms with van der Waals surface area (Å²) in [6.45, 7) is 4.32. The molecule has 0 aliphatic carbocycles. The molecule has 1 unspecified atom stereocenters. The number of esters is 2. The van der Waals surface area contributed by atoms with E-state index >= 15 is 0 Å². The Kier molecular flexibility index (Phi) is 33.5. The van der Waals surface area contributed by atoms with Gasteiger partial charge in [-0.1, -0.05) is 181 Å². The van der Waals surface area contributed by atoms with E-state index in [0.29, 0.717) is 12.8 Å².